The van der Waals surface area contributed by atoms with Gasteiger partial charge in [0.15, 0.2) is 6.10 Å². The number of alkyl halides is 3. The molecule has 1 N–H and O–H groups in total. The Labute approximate surface area is 73.3 Å². The van der Waals surface area contributed by atoms with Crippen LogP contribution in [0.4, 0.5) is 13.2 Å². The van der Waals surface area contributed by atoms with Crippen molar-refractivity contribution in [2.24, 2.45) is 0 Å². The summed E-state index contributed by atoms with van der Waals surface area (Å²) in [6.45, 7) is 0. The van der Waals surface area contributed by atoms with E-state index in [1.807, 2.05) is 0 Å². The number of halogens is 3. The van der Waals surface area contributed by atoms with E-state index in [1.165, 1.54) is 0 Å². The molecular formula is C7H11F3OS. The minimum absolute atomic E-state index is 0.467. The molecule has 1 aliphatic carbocycles. The second-order valence-corrected chi connectivity index (χ2v) is 4.29. The standard InChI is InChI=1S/C7H11F3OS/c1-12-6(3-2-4-6)5(11)7(8,9)10/h5,11H,2-4H2,1H3. The molecule has 0 aromatic carbocycles. The minimum Gasteiger partial charge on any atom is -0.382 e. The lowest BCUT2D eigenvalue weighted by Gasteiger charge is -2.44. The monoisotopic (exact) mass is 200 g/mol. The molecule has 1 fully saturated rings. The third kappa shape index (κ3) is 1.57. The highest BCUT2D eigenvalue weighted by Crippen LogP contribution is 2.49. The minimum atomic E-state index is -4.47. The van der Waals surface area contributed by atoms with Crippen molar-refractivity contribution in [3.8, 4) is 0 Å². The molecule has 1 aliphatic rings. The van der Waals surface area contributed by atoms with Crippen LogP contribution in [0.3, 0.4) is 0 Å². The average Bonchev–Trinajstić information content (AvgIpc) is 1.84. The van der Waals surface area contributed by atoms with Crippen molar-refractivity contribution in [1.82, 2.24) is 0 Å². The normalized spacial score (nSPS) is 24.8. The molecule has 1 saturated carbocycles. The van der Waals surface area contributed by atoms with Crippen LogP contribution in [0.1, 0.15) is 19.3 Å². The summed E-state index contributed by atoms with van der Waals surface area (Å²) in [4.78, 5) is 0. The smallest absolute Gasteiger partial charge is 0.382 e. The molecule has 0 saturated heterocycles. The van der Waals surface area contributed by atoms with E-state index in [9.17, 15) is 13.2 Å². The number of hydrogen-bond donors (Lipinski definition) is 1. The van der Waals surface area contributed by atoms with Crippen LogP contribution >= 0.6 is 11.8 Å². The fourth-order valence-corrected chi connectivity index (χ4v) is 2.47. The Bertz CT molecular complexity index is 159. The Morgan fingerprint density at radius 2 is 1.92 bits per heavy atom. The maximum Gasteiger partial charge on any atom is 0.415 e. The predicted octanol–water partition coefficient (Wildman–Crippen LogP) is 2.20. The van der Waals surface area contributed by atoms with Crippen LogP contribution < -0.4 is 0 Å². The zero-order valence-corrected chi connectivity index (χ0v) is 7.50. The van der Waals surface area contributed by atoms with Crippen LogP contribution in [0.2, 0.25) is 0 Å². The molecule has 0 heterocycles. The molecule has 0 aromatic rings. The first-order valence-corrected chi connectivity index (χ1v) is 4.95. The highest BCUT2D eigenvalue weighted by Gasteiger charge is 2.55. The molecule has 0 aliphatic heterocycles. The third-order valence-corrected chi connectivity index (χ3v) is 3.86. The molecule has 0 amide bonds. The van der Waals surface area contributed by atoms with Gasteiger partial charge in [-0.1, -0.05) is 6.42 Å². The molecule has 1 nitrogen and oxygen atoms in total. The van der Waals surface area contributed by atoms with E-state index in [0.29, 0.717) is 12.8 Å². The van der Waals surface area contributed by atoms with Crippen LogP contribution in [0.5, 0.6) is 0 Å². The van der Waals surface area contributed by atoms with E-state index >= 15 is 0 Å². The number of thioether (sulfide) groups is 1. The number of hydrogen-bond acceptors (Lipinski definition) is 2. The summed E-state index contributed by atoms with van der Waals surface area (Å²) in [5.74, 6) is 0. The number of aliphatic hydroxyl groups is 1. The zero-order chi connectivity index (χ0) is 9.41. The second-order valence-electron chi connectivity index (χ2n) is 3.07. The van der Waals surface area contributed by atoms with E-state index in [4.69, 9.17) is 5.11 Å². The van der Waals surface area contributed by atoms with Crippen molar-refractivity contribution in [1.29, 1.82) is 0 Å². The lowest BCUT2D eigenvalue weighted by molar-refractivity contribution is -0.219. The van der Waals surface area contributed by atoms with Crippen molar-refractivity contribution >= 4 is 11.8 Å². The Hall–Kier alpha value is 0.100. The Morgan fingerprint density at radius 1 is 1.42 bits per heavy atom. The first-order chi connectivity index (χ1) is 5.42. The second kappa shape index (κ2) is 3.10. The van der Waals surface area contributed by atoms with Gasteiger partial charge >= 0.3 is 6.18 Å². The van der Waals surface area contributed by atoms with E-state index in [-0.39, 0.29) is 0 Å². The third-order valence-electron chi connectivity index (χ3n) is 2.41. The van der Waals surface area contributed by atoms with E-state index < -0.39 is 17.0 Å². The van der Waals surface area contributed by atoms with Gasteiger partial charge < -0.3 is 5.11 Å². The van der Waals surface area contributed by atoms with Gasteiger partial charge in [0, 0.05) is 0 Å². The van der Waals surface area contributed by atoms with Crippen LogP contribution in [-0.2, 0) is 0 Å². The maximum absolute atomic E-state index is 12.1. The molecule has 0 bridgehead atoms. The Kier molecular flexibility index (Phi) is 2.63. The lowest BCUT2D eigenvalue weighted by atomic mass is 9.79. The molecule has 5 heteroatoms. The quantitative estimate of drug-likeness (QED) is 0.737. The van der Waals surface area contributed by atoms with Gasteiger partial charge in [-0.25, -0.2) is 0 Å². The van der Waals surface area contributed by atoms with Gasteiger partial charge in [0.05, 0.1) is 4.75 Å². The SMILES string of the molecule is CSC1(C(O)C(F)(F)F)CCC1. The summed E-state index contributed by atoms with van der Waals surface area (Å²) in [5.41, 5.74) is 0. The first kappa shape index (κ1) is 10.2. The summed E-state index contributed by atoms with van der Waals surface area (Å²) in [6, 6.07) is 0. The predicted molar refractivity (Wildman–Crippen MR) is 42.2 cm³/mol. The van der Waals surface area contributed by atoms with Crippen LogP contribution in [0.25, 0.3) is 0 Å². The summed E-state index contributed by atoms with van der Waals surface area (Å²) >= 11 is 1.12. The summed E-state index contributed by atoms with van der Waals surface area (Å²) in [6.07, 6.45) is -3.29. The van der Waals surface area contributed by atoms with Gasteiger partial charge in [0.1, 0.15) is 0 Å². The average molecular weight is 200 g/mol. The summed E-state index contributed by atoms with van der Waals surface area (Å²) in [5, 5.41) is 9.01. The van der Waals surface area contributed by atoms with Gasteiger partial charge in [-0.05, 0) is 19.1 Å². The van der Waals surface area contributed by atoms with Gasteiger partial charge in [0.25, 0.3) is 0 Å². The van der Waals surface area contributed by atoms with Gasteiger partial charge in [0.2, 0.25) is 0 Å². The Balaban J connectivity index is 2.67. The molecule has 72 valence electrons. The molecule has 1 unspecified atom stereocenters. The lowest BCUT2D eigenvalue weighted by Crippen LogP contribution is -2.52. The van der Waals surface area contributed by atoms with Gasteiger partial charge in [-0.2, -0.15) is 24.9 Å². The van der Waals surface area contributed by atoms with Crippen molar-refractivity contribution in [3.05, 3.63) is 0 Å². The topological polar surface area (TPSA) is 20.2 Å². The van der Waals surface area contributed by atoms with Gasteiger partial charge in [-0.15, -0.1) is 0 Å². The Morgan fingerprint density at radius 3 is 2.00 bits per heavy atom. The fourth-order valence-electron chi connectivity index (χ4n) is 1.41. The zero-order valence-electron chi connectivity index (χ0n) is 6.69. The fraction of sp³-hybridized carbons (Fsp3) is 1.00. The molecule has 0 radical (unpaired) electrons. The van der Waals surface area contributed by atoms with E-state index in [2.05, 4.69) is 0 Å². The number of aliphatic hydroxyl groups excluding tert-OH is 1. The largest absolute Gasteiger partial charge is 0.415 e. The molecule has 1 rings (SSSR count). The van der Waals surface area contributed by atoms with Gasteiger partial charge in [-0.3, -0.25) is 0 Å². The van der Waals surface area contributed by atoms with E-state index in [1.54, 1.807) is 6.26 Å². The summed E-state index contributed by atoms with van der Waals surface area (Å²) < 4.78 is 35.3. The summed E-state index contributed by atoms with van der Waals surface area (Å²) in [7, 11) is 0. The van der Waals surface area contributed by atoms with Crippen LogP contribution in [0, 0.1) is 0 Å². The van der Waals surface area contributed by atoms with Crippen LogP contribution in [-0.4, -0.2) is 28.4 Å². The molecule has 0 aromatic heterocycles. The van der Waals surface area contributed by atoms with Crippen molar-refractivity contribution in [2.45, 2.75) is 36.3 Å². The van der Waals surface area contributed by atoms with Crippen LogP contribution in [0.15, 0.2) is 0 Å². The maximum atomic E-state index is 12.1. The van der Waals surface area contributed by atoms with Crippen molar-refractivity contribution < 1.29 is 18.3 Å². The van der Waals surface area contributed by atoms with Crippen molar-refractivity contribution in [2.75, 3.05) is 6.26 Å². The first-order valence-electron chi connectivity index (χ1n) is 3.72. The highest BCUT2D eigenvalue weighted by molar-refractivity contribution is 8.00. The molecule has 0 spiro atoms. The molecule has 1 atom stereocenters. The van der Waals surface area contributed by atoms with Crippen molar-refractivity contribution in [3.63, 3.8) is 0 Å². The highest BCUT2D eigenvalue weighted by atomic mass is 32.2. The molecular weight excluding hydrogens is 189 g/mol. The number of rotatable bonds is 2. The van der Waals surface area contributed by atoms with E-state index in [0.717, 1.165) is 18.2 Å². The molecule has 12 heavy (non-hydrogen) atoms.